The number of alkyl carbamates (subject to hydrolysis) is 1. The first-order valence-corrected chi connectivity index (χ1v) is 10.2. The Labute approximate surface area is 181 Å². The SMILES string of the molecule is O=C(NC(C(=O)O)c1ccccc1I)OCC1c2ccccc2-c2ccccc21. The highest BCUT2D eigenvalue weighted by molar-refractivity contribution is 14.1. The third kappa shape index (κ3) is 3.85. The minimum Gasteiger partial charge on any atom is -0.479 e. The van der Waals surface area contributed by atoms with Crippen LogP contribution in [0.1, 0.15) is 28.7 Å². The Hall–Kier alpha value is -2.87. The summed E-state index contributed by atoms with van der Waals surface area (Å²) >= 11 is 2.05. The standard InChI is InChI=1S/C23H18INO4/c24-20-12-6-5-11-18(20)21(22(26)27)25-23(28)29-13-19-16-9-3-1-7-14(16)15-8-2-4-10-17(15)19/h1-12,19,21H,13H2,(H,25,28)(H,26,27). The monoisotopic (exact) mass is 499 g/mol. The Kier molecular flexibility index (Phi) is 5.53. The highest BCUT2D eigenvalue weighted by atomic mass is 127. The van der Waals surface area contributed by atoms with Crippen molar-refractivity contribution in [3.63, 3.8) is 0 Å². The molecule has 1 atom stereocenters. The van der Waals surface area contributed by atoms with E-state index in [0.717, 1.165) is 25.8 Å². The zero-order valence-electron chi connectivity index (χ0n) is 15.3. The molecule has 3 aromatic rings. The summed E-state index contributed by atoms with van der Waals surface area (Å²) in [7, 11) is 0. The zero-order chi connectivity index (χ0) is 20.4. The normalized spacial score (nSPS) is 13.3. The molecule has 2 N–H and O–H groups in total. The lowest BCUT2D eigenvalue weighted by Crippen LogP contribution is -2.35. The van der Waals surface area contributed by atoms with Gasteiger partial charge in [0.25, 0.3) is 0 Å². The van der Waals surface area contributed by atoms with Gasteiger partial charge in [0, 0.05) is 9.49 Å². The molecule has 5 nitrogen and oxygen atoms in total. The summed E-state index contributed by atoms with van der Waals surface area (Å²) in [6.07, 6.45) is -0.751. The van der Waals surface area contributed by atoms with Crippen LogP contribution in [0.15, 0.2) is 72.8 Å². The van der Waals surface area contributed by atoms with E-state index in [0.29, 0.717) is 5.56 Å². The molecule has 0 saturated carbocycles. The fourth-order valence-electron chi connectivity index (χ4n) is 3.74. The summed E-state index contributed by atoms with van der Waals surface area (Å²) in [5.41, 5.74) is 5.01. The molecule has 1 aliphatic carbocycles. The molecule has 0 radical (unpaired) electrons. The topological polar surface area (TPSA) is 75.6 Å². The largest absolute Gasteiger partial charge is 0.479 e. The van der Waals surface area contributed by atoms with Crippen molar-refractivity contribution >= 4 is 34.7 Å². The molecule has 29 heavy (non-hydrogen) atoms. The highest BCUT2D eigenvalue weighted by Gasteiger charge is 2.30. The van der Waals surface area contributed by atoms with E-state index in [9.17, 15) is 14.7 Å². The Morgan fingerprint density at radius 1 is 0.931 bits per heavy atom. The van der Waals surface area contributed by atoms with Crippen molar-refractivity contribution in [2.75, 3.05) is 6.61 Å². The van der Waals surface area contributed by atoms with Crippen LogP contribution in [0.3, 0.4) is 0 Å². The molecule has 4 rings (SSSR count). The molecule has 0 saturated heterocycles. The van der Waals surface area contributed by atoms with Crippen LogP contribution < -0.4 is 5.32 Å². The Morgan fingerprint density at radius 3 is 2.07 bits per heavy atom. The second kappa shape index (κ2) is 8.24. The number of rotatable bonds is 5. The molecule has 0 fully saturated rings. The number of benzene rings is 3. The van der Waals surface area contributed by atoms with Crippen LogP contribution >= 0.6 is 22.6 Å². The Morgan fingerprint density at radius 2 is 1.48 bits per heavy atom. The Balaban J connectivity index is 1.50. The smallest absolute Gasteiger partial charge is 0.408 e. The van der Waals surface area contributed by atoms with Gasteiger partial charge < -0.3 is 15.2 Å². The first-order valence-electron chi connectivity index (χ1n) is 9.15. The van der Waals surface area contributed by atoms with Gasteiger partial charge in [-0.3, -0.25) is 0 Å². The van der Waals surface area contributed by atoms with Crippen LogP contribution in [0, 0.1) is 3.57 Å². The minimum absolute atomic E-state index is 0.0757. The first-order chi connectivity index (χ1) is 14.1. The molecular weight excluding hydrogens is 481 g/mol. The van der Waals surface area contributed by atoms with E-state index < -0.39 is 18.1 Å². The zero-order valence-corrected chi connectivity index (χ0v) is 17.5. The van der Waals surface area contributed by atoms with Gasteiger partial charge in [0.15, 0.2) is 6.04 Å². The lowest BCUT2D eigenvalue weighted by Gasteiger charge is -2.18. The van der Waals surface area contributed by atoms with Crippen LogP contribution in [0.25, 0.3) is 11.1 Å². The van der Waals surface area contributed by atoms with Gasteiger partial charge in [0.1, 0.15) is 6.61 Å². The lowest BCUT2D eigenvalue weighted by molar-refractivity contribution is -0.139. The van der Waals surface area contributed by atoms with E-state index in [-0.39, 0.29) is 12.5 Å². The van der Waals surface area contributed by atoms with Crippen LogP contribution in [0.4, 0.5) is 4.79 Å². The third-order valence-electron chi connectivity index (χ3n) is 5.07. The van der Waals surface area contributed by atoms with Crippen molar-refractivity contribution < 1.29 is 19.4 Å². The Bertz CT molecular complexity index is 1040. The molecule has 0 aliphatic heterocycles. The number of carboxylic acid groups (broad SMARTS) is 1. The average Bonchev–Trinajstić information content (AvgIpc) is 3.05. The number of fused-ring (bicyclic) bond motifs is 3. The van der Waals surface area contributed by atoms with Crippen LogP contribution in [-0.2, 0) is 9.53 Å². The predicted molar refractivity (Wildman–Crippen MR) is 118 cm³/mol. The fourth-order valence-corrected chi connectivity index (χ4v) is 4.44. The molecule has 1 aliphatic rings. The van der Waals surface area contributed by atoms with Gasteiger partial charge >= 0.3 is 12.1 Å². The number of ether oxygens (including phenoxy) is 1. The van der Waals surface area contributed by atoms with E-state index >= 15 is 0 Å². The van der Waals surface area contributed by atoms with Gasteiger partial charge in [0.05, 0.1) is 0 Å². The summed E-state index contributed by atoms with van der Waals surface area (Å²) in [6.45, 7) is 0.137. The van der Waals surface area contributed by atoms with Crippen molar-refractivity contribution in [3.05, 3.63) is 93.1 Å². The van der Waals surface area contributed by atoms with Gasteiger partial charge in [-0.05, 0) is 56.5 Å². The number of carbonyl (C=O) groups is 2. The van der Waals surface area contributed by atoms with E-state index in [2.05, 4.69) is 40.0 Å². The van der Waals surface area contributed by atoms with Crippen molar-refractivity contribution in [1.82, 2.24) is 5.32 Å². The molecular formula is C23H18INO4. The fraction of sp³-hybridized carbons (Fsp3) is 0.130. The van der Waals surface area contributed by atoms with Gasteiger partial charge in [-0.2, -0.15) is 0 Å². The number of amides is 1. The van der Waals surface area contributed by atoms with Gasteiger partial charge in [-0.15, -0.1) is 0 Å². The minimum atomic E-state index is -1.17. The number of carbonyl (C=O) groups excluding carboxylic acids is 1. The summed E-state index contributed by atoms with van der Waals surface area (Å²) in [4.78, 5) is 24.1. The van der Waals surface area contributed by atoms with E-state index in [1.54, 1.807) is 18.2 Å². The average molecular weight is 499 g/mol. The molecule has 0 spiro atoms. The van der Waals surface area contributed by atoms with Gasteiger partial charge in [0.2, 0.25) is 0 Å². The number of nitrogens with one attached hydrogen (secondary N) is 1. The molecule has 0 aromatic heterocycles. The lowest BCUT2D eigenvalue weighted by atomic mass is 9.98. The molecule has 0 heterocycles. The number of carboxylic acids is 1. The molecule has 1 amide bonds. The van der Waals surface area contributed by atoms with E-state index in [1.807, 2.05) is 42.5 Å². The second-order valence-corrected chi connectivity index (χ2v) is 7.92. The molecule has 146 valence electrons. The summed E-state index contributed by atoms with van der Waals surface area (Å²) in [5, 5.41) is 12.0. The third-order valence-corrected chi connectivity index (χ3v) is 6.05. The van der Waals surface area contributed by atoms with Gasteiger partial charge in [-0.1, -0.05) is 66.7 Å². The van der Waals surface area contributed by atoms with Gasteiger partial charge in [-0.25, -0.2) is 9.59 Å². The van der Waals surface area contributed by atoms with E-state index in [4.69, 9.17) is 4.74 Å². The molecule has 3 aromatic carbocycles. The quantitative estimate of drug-likeness (QED) is 0.487. The highest BCUT2D eigenvalue weighted by Crippen LogP contribution is 2.44. The predicted octanol–water partition coefficient (Wildman–Crippen LogP) is 4.96. The molecule has 0 bridgehead atoms. The van der Waals surface area contributed by atoms with Crippen molar-refractivity contribution in [3.8, 4) is 11.1 Å². The van der Waals surface area contributed by atoms with Crippen molar-refractivity contribution in [2.45, 2.75) is 12.0 Å². The van der Waals surface area contributed by atoms with Crippen LogP contribution in [-0.4, -0.2) is 23.8 Å². The maximum absolute atomic E-state index is 12.4. The second-order valence-electron chi connectivity index (χ2n) is 6.76. The van der Waals surface area contributed by atoms with Crippen molar-refractivity contribution in [2.24, 2.45) is 0 Å². The summed E-state index contributed by atoms with van der Waals surface area (Å²) < 4.78 is 6.23. The molecule has 1 unspecified atom stereocenters. The first kappa shape index (κ1) is 19.4. The number of hydrogen-bond acceptors (Lipinski definition) is 3. The number of aliphatic carboxylic acids is 1. The number of halogens is 1. The van der Waals surface area contributed by atoms with Crippen LogP contribution in [0.2, 0.25) is 0 Å². The van der Waals surface area contributed by atoms with Crippen molar-refractivity contribution in [1.29, 1.82) is 0 Å². The molecule has 6 heteroatoms. The summed E-state index contributed by atoms with van der Waals surface area (Å²) in [6, 6.07) is 22.0. The number of hydrogen-bond donors (Lipinski definition) is 2. The maximum Gasteiger partial charge on any atom is 0.408 e. The van der Waals surface area contributed by atoms with E-state index in [1.165, 1.54) is 0 Å². The summed E-state index contributed by atoms with van der Waals surface area (Å²) in [5.74, 6) is -1.21. The van der Waals surface area contributed by atoms with Crippen LogP contribution in [0.5, 0.6) is 0 Å². The maximum atomic E-state index is 12.4.